The van der Waals surface area contributed by atoms with Gasteiger partial charge in [-0.1, -0.05) is 12.1 Å². The maximum Gasteiger partial charge on any atom is 0.242 e. The third-order valence-corrected chi connectivity index (χ3v) is 4.59. The minimum absolute atomic E-state index is 0.237. The normalized spacial score (nSPS) is 13.0. The number of benzene rings is 1. The highest BCUT2D eigenvalue weighted by Gasteiger charge is 2.20. The lowest BCUT2D eigenvalue weighted by atomic mass is 10.3. The van der Waals surface area contributed by atoms with E-state index in [-0.39, 0.29) is 10.9 Å². The number of aromatic nitrogens is 2. The van der Waals surface area contributed by atoms with Crippen LogP contribution < -0.4 is 10.0 Å². The summed E-state index contributed by atoms with van der Waals surface area (Å²) in [6.07, 6.45) is 5.14. The van der Waals surface area contributed by atoms with E-state index in [1.54, 1.807) is 36.9 Å². The molecular formula is C14H20N4O2S. The van der Waals surface area contributed by atoms with E-state index in [2.05, 4.69) is 15.0 Å². The lowest BCUT2D eigenvalue weighted by molar-refractivity contribution is 0.520. The first-order valence-electron chi connectivity index (χ1n) is 6.84. The van der Waals surface area contributed by atoms with Crippen molar-refractivity contribution in [2.45, 2.75) is 31.3 Å². The summed E-state index contributed by atoms with van der Waals surface area (Å²) < 4.78 is 29.5. The maximum absolute atomic E-state index is 12.5. The minimum atomic E-state index is -3.56. The zero-order chi connectivity index (χ0) is 15.3. The summed E-state index contributed by atoms with van der Waals surface area (Å²) in [5, 5.41) is 3.07. The average molecular weight is 308 g/mol. The van der Waals surface area contributed by atoms with Crippen molar-refractivity contribution in [3.05, 3.63) is 43.0 Å². The molecule has 0 radical (unpaired) electrons. The number of nitrogens with zero attached hydrogens (tertiary/aromatic N) is 2. The van der Waals surface area contributed by atoms with Crippen molar-refractivity contribution in [1.29, 1.82) is 0 Å². The molecule has 1 aromatic heterocycles. The molecule has 7 heteroatoms. The zero-order valence-electron chi connectivity index (χ0n) is 12.2. The van der Waals surface area contributed by atoms with Crippen molar-refractivity contribution in [3.63, 3.8) is 0 Å². The molecule has 0 aliphatic heterocycles. The molecule has 0 saturated heterocycles. The number of imidazole rings is 1. The second kappa shape index (κ2) is 6.73. The molecule has 6 nitrogen and oxygen atoms in total. The van der Waals surface area contributed by atoms with Gasteiger partial charge >= 0.3 is 0 Å². The Morgan fingerprint density at radius 3 is 2.76 bits per heavy atom. The predicted octanol–water partition coefficient (Wildman–Crippen LogP) is 1.68. The van der Waals surface area contributed by atoms with Crippen LogP contribution in [0.2, 0.25) is 0 Å². The first kappa shape index (κ1) is 15.5. The highest BCUT2D eigenvalue weighted by atomic mass is 32.2. The van der Waals surface area contributed by atoms with Crippen LogP contribution in [0.25, 0.3) is 0 Å². The van der Waals surface area contributed by atoms with Crippen LogP contribution in [0.5, 0.6) is 0 Å². The first-order valence-corrected chi connectivity index (χ1v) is 8.32. The van der Waals surface area contributed by atoms with Crippen LogP contribution in [-0.4, -0.2) is 30.6 Å². The summed E-state index contributed by atoms with van der Waals surface area (Å²) in [7, 11) is -3.56. The maximum atomic E-state index is 12.5. The van der Waals surface area contributed by atoms with E-state index >= 15 is 0 Å². The smallest absolute Gasteiger partial charge is 0.242 e. The molecule has 114 valence electrons. The third-order valence-electron chi connectivity index (χ3n) is 2.94. The second-order valence-electron chi connectivity index (χ2n) is 4.81. The molecule has 0 aliphatic rings. The Morgan fingerprint density at radius 2 is 2.10 bits per heavy atom. The molecule has 2 rings (SSSR count). The van der Waals surface area contributed by atoms with E-state index in [0.29, 0.717) is 18.8 Å². The van der Waals surface area contributed by atoms with Gasteiger partial charge in [-0.25, -0.2) is 18.1 Å². The lowest BCUT2D eigenvalue weighted by Gasteiger charge is -2.17. The molecule has 0 fully saturated rings. The lowest BCUT2D eigenvalue weighted by Crippen LogP contribution is -2.35. The van der Waals surface area contributed by atoms with E-state index < -0.39 is 10.0 Å². The average Bonchev–Trinajstić information content (AvgIpc) is 2.91. The first-order chi connectivity index (χ1) is 10.0. The number of hydrogen-bond acceptors (Lipinski definition) is 4. The van der Waals surface area contributed by atoms with Crippen molar-refractivity contribution in [3.8, 4) is 0 Å². The SMILES string of the molecule is CCNc1ccccc1S(=O)(=O)NC(C)Cn1ccnc1. The molecule has 0 spiro atoms. The molecule has 21 heavy (non-hydrogen) atoms. The molecular weight excluding hydrogens is 288 g/mol. The number of rotatable bonds is 7. The van der Waals surface area contributed by atoms with E-state index in [4.69, 9.17) is 0 Å². The molecule has 0 amide bonds. The van der Waals surface area contributed by atoms with Crippen LogP contribution in [0, 0.1) is 0 Å². The van der Waals surface area contributed by atoms with Gasteiger partial charge in [-0.2, -0.15) is 0 Å². The minimum Gasteiger partial charge on any atom is -0.384 e. The Kier molecular flexibility index (Phi) is 4.98. The van der Waals surface area contributed by atoms with Gasteiger partial charge < -0.3 is 9.88 Å². The Morgan fingerprint density at radius 1 is 1.33 bits per heavy atom. The number of sulfonamides is 1. The third kappa shape index (κ3) is 4.05. The van der Waals surface area contributed by atoms with Crippen LogP contribution in [-0.2, 0) is 16.6 Å². The van der Waals surface area contributed by atoms with E-state index in [1.165, 1.54) is 0 Å². The van der Waals surface area contributed by atoms with Gasteiger partial charge in [-0.3, -0.25) is 0 Å². The van der Waals surface area contributed by atoms with Gasteiger partial charge in [0.1, 0.15) is 4.90 Å². The summed E-state index contributed by atoms with van der Waals surface area (Å²) in [6.45, 7) is 4.95. The Hall–Kier alpha value is -1.86. The molecule has 1 atom stereocenters. The van der Waals surface area contributed by atoms with Gasteiger partial charge in [0.05, 0.1) is 12.0 Å². The van der Waals surface area contributed by atoms with Crippen LogP contribution in [0.15, 0.2) is 47.9 Å². The van der Waals surface area contributed by atoms with Gasteiger partial charge in [0.2, 0.25) is 10.0 Å². The summed E-state index contributed by atoms with van der Waals surface area (Å²) >= 11 is 0. The molecule has 0 saturated carbocycles. The topological polar surface area (TPSA) is 76.0 Å². The summed E-state index contributed by atoms with van der Waals surface area (Å²) in [5.74, 6) is 0. The molecule has 0 aliphatic carbocycles. The Bertz CT molecular complexity index is 668. The van der Waals surface area contributed by atoms with E-state index in [0.717, 1.165) is 0 Å². The zero-order valence-corrected chi connectivity index (χ0v) is 13.0. The largest absolute Gasteiger partial charge is 0.384 e. The number of para-hydroxylation sites is 1. The molecule has 1 heterocycles. The molecule has 1 unspecified atom stereocenters. The number of hydrogen-bond donors (Lipinski definition) is 2. The van der Waals surface area contributed by atoms with Crippen molar-refractivity contribution >= 4 is 15.7 Å². The van der Waals surface area contributed by atoms with Crippen molar-refractivity contribution in [1.82, 2.24) is 14.3 Å². The quantitative estimate of drug-likeness (QED) is 0.816. The van der Waals surface area contributed by atoms with Crippen LogP contribution >= 0.6 is 0 Å². The fraction of sp³-hybridized carbons (Fsp3) is 0.357. The van der Waals surface area contributed by atoms with Gasteiger partial charge in [0.25, 0.3) is 0 Å². The van der Waals surface area contributed by atoms with E-state index in [1.807, 2.05) is 24.5 Å². The predicted molar refractivity (Wildman–Crippen MR) is 82.6 cm³/mol. The van der Waals surface area contributed by atoms with Crippen LogP contribution in [0.3, 0.4) is 0 Å². The summed E-state index contributed by atoms with van der Waals surface area (Å²) in [5.41, 5.74) is 0.613. The molecule has 0 bridgehead atoms. The standard InChI is InChI=1S/C14H20N4O2S/c1-3-16-13-6-4-5-7-14(13)21(19,20)17-12(2)10-18-9-8-15-11-18/h4-9,11-12,16-17H,3,10H2,1-2H3. The fourth-order valence-electron chi connectivity index (χ4n) is 2.11. The van der Waals surface area contributed by atoms with Crippen molar-refractivity contribution in [2.75, 3.05) is 11.9 Å². The van der Waals surface area contributed by atoms with E-state index in [9.17, 15) is 8.42 Å². The summed E-state index contributed by atoms with van der Waals surface area (Å²) in [6, 6.07) is 6.66. The van der Waals surface area contributed by atoms with Crippen LogP contribution in [0.4, 0.5) is 5.69 Å². The molecule has 1 aromatic carbocycles. The van der Waals surface area contributed by atoms with Crippen molar-refractivity contribution < 1.29 is 8.42 Å². The monoisotopic (exact) mass is 308 g/mol. The number of nitrogens with one attached hydrogen (secondary N) is 2. The molecule has 2 aromatic rings. The number of anilines is 1. The van der Waals surface area contributed by atoms with Crippen LogP contribution in [0.1, 0.15) is 13.8 Å². The highest BCUT2D eigenvalue weighted by Crippen LogP contribution is 2.20. The fourth-order valence-corrected chi connectivity index (χ4v) is 3.53. The van der Waals surface area contributed by atoms with Gasteiger partial charge in [0.15, 0.2) is 0 Å². The summed E-state index contributed by atoms with van der Waals surface area (Å²) in [4.78, 5) is 4.21. The Balaban J connectivity index is 2.14. The van der Waals surface area contributed by atoms with Crippen molar-refractivity contribution in [2.24, 2.45) is 0 Å². The Labute approximate surface area is 125 Å². The highest BCUT2D eigenvalue weighted by molar-refractivity contribution is 7.89. The van der Waals surface area contributed by atoms with Gasteiger partial charge in [-0.15, -0.1) is 0 Å². The molecule has 2 N–H and O–H groups in total. The van der Waals surface area contributed by atoms with Gasteiger partial charge in [0, 0.05) is 31.5 Å². The van der Waals surface area contributed by atoms with Gasteiger partial charge in [-0.05, 0) is 26.0 Å². The second-order valence-corrected chi connectivity index (χ2v) is 6.49.